The van der Waals surface area contributed by atoms with Gasteiger partial charge in [0.25, 0.3) is 0 Å². The maximum atomic E-state index is 6.28. The van der Waals surface area contributed by atoms with Gasteiger partial charge in [0.2, 0.25) is 0 Å². The third-order valence-electron chi connectivity index (χ3n) is 3.65. The molecule has 0 saturated carbocycles. The normalized spacial score (nSPS) is 14.7. The van der Waals surface area contributed by atoms with Crippen LogP contribution in [-0.4, -0.2) is 13.7 Å². The minimum atomic E-state index is 0.0591. The molecule has 0 bridgehead atoms. The van der Waals surface area contributed by atoms with E-state index in [1.165, 1.54) is 5.56 Å². The van der Waals surface area contributed by atoms with Gasteiger partial charge >= 0.3 is 0 Å². The summed E-state index contributed by atoms with van der Waals surface area (Å²) in [4.78, 5) is 0. The number of ether oxygens (including phenoxy) is 1. The van der Waals surface area contributed by atoms with Gasteiger partial charge in [-0.15, -0.1) is 0 Å². The van der Waals surface area contributed by atoms with Gasteiger partial charge in [0.05, 0.1) is 17.7 Å². The zero-order valence-electron chi connectivity index (χ0n) is 11.4. The number of fused-ring (bicyclic) bond motifs is 1. The van der Waals surface area contributed by atoms with Crippen LogP contribution >= 0.6 is 50.1 Å². The van der Waals surface area contributed by atoms with Gasteiger partial charge in [-0.3, -0.25) is 0 Å². The largest absolute Gasteiger partial charge is 0.493 e. The van der Waals surface area contributed by atoms with E-state index in [2.05, 4.69) is 62.0 Å². The van der Waals surface area contributed by atoms with Crippen molar-refractivity contribution < 1.29 is 4.74 Å². The van der Waals surface area contributed by atoms with Crippen molar-refractivity contribution in [3.8, 4) is 5.75 Å². The van der Waals surface area contributed by atoms with Crippen LogP contribution in [0.25, 0.3) is 0 Å². The van der Waals surface area contributed by atoms with Crippen LogP contribution in [0.4, 0.5) is 0 Å². The Morgan fingerprint density at radius 1 is 1.33 bits per heavy atom. The molecule has 5 heteroatoms. The molecule has 2 nitrogen and oxygen atoms in total. The Morgan fingerprint density at radius 3 is 2.86 bits per heavy atom. The summed E-state index contributed by atoms with van der Waals surface area (Å²) in [5.41, 5.74) is 3.55. The molecule has 1 atom stereocenters. The van der Waals surface area contributed by atoms with Crippen LogP contribution in [0.3, 0.4) is 0 Å². The van der Waals surface area contributed by atoms with Crippen LogP contribution in [0.1, 0.15) is 22.7 Å². The monoisotopic (exact) mass is 477 g/mol. The molecule has 1 aliphatic heterocycles. The molecule has 0 radical (unpaired) electrons. The molecule has 3 rings (SSSR count). The lowest BCUT2D eigenvalue weighted by molar-refractivity contribution is 0.351. The second-order valence-corrected chi connectivity index (χ2v) is 7.46. The molecule has 2 aromatic rings. The number of hydrogen-bond donors (Lipinski definition) is 1. The maximum absolute atomic E-state index is 6.28. The highest BCUT2D eigenvalue weighted by molar-refractivity contribution is 14.1. The molecule has 0 saturated heterocycles. The molecule has 110 valence electrons. The summed E-state index contributed by atoms with van der Waals surface area (Å²) in [6.45, 7) is 0.753. The topological polar surface area (TPSA) is 21.3 Å². The van der Waals surface area contributed by atoms with E-state index in [0.29, 0.717) is 0 Å². The first-order chi connectivity index (χ1) is 10.1. The number of hydrogen-bond acceptors (Lipinski definition) is 2. The Kier molecular flexibility index (Phi) is 4.78. The molecular formula is C16H14BrClINO. The molecule has 1 aliphatic rings. The molecule has 1 unspecified atom stereocenters. The van der Waals surface area contributed by atoms with Gasteiger partial charge in [0.15, 0.2) is 0 Å². The van der Waals surface area contributed by atoms with Crippen LogP contribution in [-0.2, 0) is 6.42 Å². The smallest absolute Gasteiger partial charge is 0.127 e. The van der Waals surface area contributed by atoms with Gasteiger partial charge in [-0.05, 0) is 65.0 Å². The minimum absolute atomic E-state index is 0.0591. The van der Waals surface area contributed by atoms with Crippen LogP contribution in [0.2, 0.25) is 5.02 Å². The molecule has 2 aromatic carbocycles. The van der Waals surface area contributed by atoms with Gasteiger partial charge in [-0.2, -0.15) is 0 Å². The summed E-state index contributed by atoms with van der Waals surface area (Å²) in [6.07, 6.45) is 0.964. The third-order valence-corrected chi connectivity index (χ3v) is 5.68. The van der Waals surface area contributed by atoms with Crippen molar-refractivity contribution in [1.29, 1.82) is 0 Å². The van der Waals surface area contributed by atoms with E-state index in [1.807, 2.05) is 19.2 Å². The predicted octanol–water partition coefficient (Wildman–Crippen LogP) is 4.95. The van der Waals surface area contributed by atoms with Crippen LogP contribution in [0, 0.1) is 3.57 Å². The van der Waals surface area contributed by atoms with Gasteiger partial charge in [-0.25, -0.2) is 0 Å². The molecule has 0 aliphatic carbocycles. The Morgan fingerprint density at radius 2 is 2.14 bits per heavy atom. The fourth-order valence-electron chi connectivity index (χ4n) is 2.71. The average Bonchev–Trinajstić information content (AvgIpc) is 2.91. The van der Waals surface area contributed by atoms with Crippen LogP contribution in [0.5, 0.6) is 5.75 Å². The maximum Gasteiger partial charge on any atom is 0.127 e. The first kappa shape index (κ1) is 15.6. The van der Waals surface area contributed by atoms with Crippen LogP contribution in [0.15, 0.2) is 34.8 Å². The fraction of sp³-hybridized carbons (Fsp3) is 0.250. The van der Waals surface area contributed by atoms with E-state index in [0.717, 1.165) is 43.0 Å². The van der Waals surface area contributed by atoms with E-state index in [4.69, 9.17) is 16.3 Å². The zero-order valence-corrected chi connectivity index (χ0v) is 15.9. The van der Waals surface area contributed by atoms with E-state index in [1.54, 1.807) is 0 Å². The van der Waals surface area contributed by atoms with Crippen LogP contribution < -0.4 is 10.1 Å². The first-order valence-corrected chi connectivity index (χ1v) is 8.92. The summed E-state index contributed by atoms with van der Waals surface area (Å²) in [5, 5.41) is 4.15. The standard InChI is InChI=1S/C16H14BrClINO/c1-20-15(9-2-3-14(19)13(18)7-9)12-8-11(17)6-10-4-5-21-16(10)12/h2-3,6-8,15,20H,4-5H2,1H3. The third kappa shape index (κ3) is 3.09. The Balaban J connectivity index is 2.10. The van der Waals surface area contributed by atoms with E-state index in [9.17, 15) is 0 Å². The Hall–Kier alpha value is -0.300. The summed E-state index contributed by atoms with van der Waals surface area (Å²) in [7, 11) is 1.96. The van der Waals surface area contributed by atoms with Crippen molar-refractivity contribution >= 4 is 50.1 Å². The SMILES string of the molecule is CNC(c1ccc(I)c(Cl)c1)c1cc(Br)cc2c1OCC2. The number of rotatable bonds is 3. The number of benzene rings is 2. The van der Waals surface area contributed by atoms with E-state index in [-0.39, 0.29) is 6.04 Å². The second kappa shape index (κ2) is 6.44. The molecule has 1 heterocycles. The lowest BCUT2D eigenvalue weighted by Gasteiger charge is -2.21. The van der Waals surface area contributed by atoms with E-state index < -0.39 is 0 Å². The summed E-state index contributed by atoms with van der Waals surface area (Å²) in [5.74, 6) is 1.01. The average molecular weight is 479 g/mol. The molecule has 0 aromatic heterocycles. The van der Waals surface area contributed by atoms with Crippen molar-refractivity contribution in [3.63, 3.8) is 0 Å². The number of nitrogens with one attached hydrogen (secondary N) is 1. The summed E-state index contributed by atoms with van der Waals surface area (Å²) >= 11 is 12.1. The minimum Gasteiger partial charge on any atom is -0.493 e. The molecule has 0 fully saturated rings. The first-order valence-electron chi connectivity index (χ1n) is 6.67. The highest BCUT2D eigenvalue weighted by Crippen LogP contribution is 2.39. The van der Waals surface area contributed by atoms with E-state index >= 15 is 0 Å². The molecular weight excluding hydrogens is 464 g/mol. The molecule has 0 spiro atoms. The van der Waals surface area contributed by atoms with Gasteiger partial charge in [0, 0.05) is 20.0 Å². The highest BCUT2D eigenvalue weighted by Gasteiger charge is 2.24. The van der Waals surface area contributed by atoms with Gasteiger partial charge in [0.1, 0.15) is 5.75 Å². The quantitative estimate of drug-likeness (QED) is 0.631. The highest BCUT2D eigenvalue weighted by atomic mass is 127. The van der Waals surface area contributed by atoms with Crippen molar-refractivity contribution in [1.82, 2.24) is 5.32 Å². The second-order valence-electron chi connectivity index (χ2n) is 4.98. The summed E-state index contributed by atoms with van der Waals surface area (Å²) < 4.78 is 7.99. The summed E-state index contributed by atoms with van der Waals surface area (Å²) in [6, 6.07) is 10.5. The Labute approximate surface area is 151 Å². The van der Waals surface area contributed by atoms with Gasteiger partial charge < -0.3 is 10.1 Å². The van der Waals surface area contributed by atoms with Crippen molar-refractivity contribution in [2.75, 3.05) is 13.7 Å². The number of halogens is 3. The fourth-order valence-corrected chi connectivity index (χ4v) is 3.75. The predicted molar refractivity (Wildman–Crippen MR) is 98.4 cm³/mol. The van der Waals surface area contributed by atoms with Gasteiger partial charge in [-0.1, -0.05) is 33.6 Å². The van der Waals surface area contributed by atoms with Crippen molar-refractivity contribution in [2.24, 2.45) is 0 Å². The lowest BCUT2D eigenvalue weighted by atomic mass is 9.96. The molecule has 0 amide bonds. The van der Waals surface area contributed by atoms with Crippen molar-refractivity contribution in [2.45, 2.75) is 12.5 Å². The molecule has 1 N–H and O–H groups in total. The Bertz CT molecular complexity index is 692. The zero-order chi connectivity index (χ0) is 15.0. The molecule has 21 heavy (non-hydrogen) atoms. The lowest BCUT2D eigenvalue weighted by Crippen LogP contribution is -2.18. The van der Waals surface area contributed by atoms with Crippen molar-refractivity contribution in [3.05, 3.63) is 60.1 Å².